The standard InChI is InChI=1S/C17H22ClN3O/c1-12-3-6-15(9-14-4-7-16(18)8-5-14)17(12,22)13(2)21-11-19-10-20-21/h4-5,7-8,10-13,15,22H,3,6,9H2,1-2H3/t12-,13?,15+,17-/m1/s1. The highest BCUT2D eigenvalue weighted by Gasteiger charge is 2.51. The molecule has 4 nitrogen and oxygen atoms in total. The lowest BCUT2D eigenvalue weighted by atomic mass is 9.77. The number of nitrogens with zero attached hydrogens (tertiary/aromatic N) is 3. The van der Waals surface area contributed by atoms with Gasteiger partial charge in [0, 0.05) is 5.02 Å². The summed E-state index contributed by atoms with van der Waals surface area (Å²) in [7, 11) is 0. The Kier molecular flexibility index (Phi) is 4.24. The second-order valence-electron chi connectivity index (χ2n) is 6.44. The Morgan fingerprint density at radius 1 is 1.36 bits per heavy atom. The van der Waals surface area contributed by atoms with Crippen molar-refractivity contribution in [2.75, 3.05) is 0 Å². The van der Waals surface area contributed by atoms with Gasteiger partial charge in [-0.05, 0) is 55.7 Å². The molecule has 0 bridgehead atoms. The zero-order chi connectivity index (χ0) is 15.7. The average molecular weight is 320 g/mol. The third-order valence-electron chi connectivity index (χ3n) is 5.29. The van der Waals surface area contributed by atoms with Crippen molar-refractivity contribution in [2.45, 2.75) is 44.8 Å². The van der Waals surface area contributed by atoms with E-state index in [0.29, 0.717) is 0 Å². The van der Waals surface area contributed by atoms with Crippen LogP contribution in [0, 0.1) is 11.8 Å². The molecule has 1 saturated carbocycles. The Morgan fingerprint density at radius 2 is 2.09 bits per heavy atom. The Morgan fingerprint density at radius 3 is 2.73 bits per heavy atom. The van der Waals surface area contributed by atoms with Crippen molar-refractivity contribution in [3.05, 3.63) is 47.5 Å². The molecule has 1 aliphatic rings. The lowest BCUT2D eigenvalue weighted by Gasteiger charge is -2.39. The van der Waals surface area contributed by atoms with E-state index < -0.39 is 5.60 Å². The van der Waals surface area contributed by atoms with Crippen LogP contribution in [0.15, 0.2) is 36.9 Å². The molecule has 1 fully saturated rings. The summed E-state index contributed by atoms with van der Waals surface area (Å²) in [6.07, 6.45) is 6.13. The molecular weight excluding hydrogens is 298 g/mol. The molecule has 0 amide bonds. The number of hydrogen-bond acceptors (Lipinski definition) is 3. The summed E-state index contributed by atoms with van der Waals surface area (Å²) in [5, 5.41) is 16.4. The summed E-state index contributed by atoms with van der Waals surface area (Å²) >= 11 is 5.96. The second kappa shape index (κ2) is 6.01. The maximum Gasteiger partial charge on any atom is 0.137 e. The first kappa shape index (κ1) is 15.5. The summed E-state index contributed by atoms with van der Waals surface area (Å²) in [6, 6.07) is 7.83. The number of hydrogen-bond donors (Lipinski definition) is 1. The Balaban J connectivity index is 1.85. The smallest absolute Gasteiger partial charge is 0.137 e. The minimum atomic E-state index is -0.770. The van der Waals surface area contributed by atoms with Crippen LogP contribution in [-0.4, -0.2) is 25.5 Å². The maximum absolute atomic E-state index is 11.5. The van der Waals surface area contributed by atoms with Crippen LogP contribution in [0.1, 0.15) is 38.3 Å². The van der Waals surface area contributed by atoms with E-state index in [0.717, 1.165) is 24.3 Å². The van der Waals surface area contributed by atoms with Gasteiger partial charge in [-0.1, -0.05) is 30.7 Å². The lowest BCUT2D eigenvalue weighted by Crippen LogP contribution is -2.46. The zero-order valence-corrected chi connectivity index (χ0v) is 13.7. The molecule has 1 heterocycles. The summed E-state index contributed by atoms with van der Waals surface area (Å²) in [5.74, 6) is 0.451. The molecule has 0 spiro atoms. The zero-order valence-electron chi connectivity index (χ0n) is 13.0. The maximum atomic E-state index is 11.5. The highest BCUT2D eigenvalue weighted by Crippen LogP contribution is 2.48. The number of halogens is 1. The molecule has 22 heavy (non-hydrogen) atoms. The molecule has 1 aromatic carbocycles. The lowest BCUT2D eigenvalue weighted by molar-refractivity contribution is -0.0736. The first-order valence-electron chi connectivity index (χ1n) is 7.82. The fourth-order valence-electron chi connectivity index (χ4n) is 3.87. The van der Waals surface area contributed by atoms with Crippen LogP contribution < -0.4 is 0 Å². The average Bonchev–Trinajstić information content (AvgIpc) is 3.13. The van der Waals surface area contributed by atoms with Gasteiger partial charge >= 0.3 is 0 Å². The van der Waals surface area contributed by atoms with Gasteiger partial charge in [-0.15, -0.1) is 0 Å². The van der Waals surface area contributed by atoms with Gasteiger partial charge in [0.15, 0.2) is 0 Å². The quantitative estimate of drug-likeness (QED) is 0.938. The van der Waals surface area contributed by atoms with Crippen molar-refractivity contribution in [3.8, 4) is 0 Å². The monoisotopic (exact) mass is 319 g/mol. The molecule has 0 aliphatic heterocycles. The van der Waals surface area contributed by atoms with Crippen LogP contribution in [0.2, 0.25) is 5.02 Å². The number of benzene rings is 1. The Labute approximate surface area is 136 Å². The van der Waals surface area contributed by atoms with Crippen LogP contribution >= 0.6 is 11.6 Å². The van der Waals surface area contributed by atoms with Gasteiger partial charge in [-0.3, -0.25) is 0 Å². The van der Waals surface area contributed by atoms with Crippen molar-refractivity contribution in [2.24, 2.45) is 11.8 Å². The van der Waals surface area contributed by atoms with Crippen molar-refractivity contribution in [1.82, 2.24) is 14.8 Å². The molecule has 1 unspecified atom stereocenters. The SMILES string of the molecule is CC(n1cncn1)[C@@]1(O)[C@H](Cc2ccc(Cl)cc2)CC[C@H]1C. The molecular formula is C17H22ClN3O. The van der Waals surface area contributed by atoms with E-state index in [-0.39, 0.29) is 17.9 Å². The van der Waals surface area contributed by atoms with Crippen molar-refractivity contribution in [3.63, 3.8) is 0 Å². The fraction of sp³-hybridized carbons (Fsp3) is 0.529. The van der Waals surface area contributed by atoms with Gasteiger partial charge in [-0.2, -0.15) is 5.10 Å². The molecule has 2 aromatic rings. The van der Waals surface area contributed by atoms with Crippen LogP contribution in [0.5, 0.6) is 0 Å². The molecule has 1 N–H and O–H groups in total. The molecule has 5 heteroatoms. The van der Waals surface area contributed by atoms with E-state index in [4.69, 9.17) is 11.6 Å². The van der Waals surface area contributed by atoms with E-state index >= 15 is 0 Å². The highest BCUT2D eigenvalue weighted by molar-refractivity contribution is 6.30. The predicted molar refractivity (Wildman–Crippen MR) is 86.7 cm³/mol. The first-order valence-corrected chi connectivity index (χ1v) is 8.20. The number of aromatic nitrogens is 3. The van der Waals surface area contributed by atoms with Crippen LogP contribution in [0.3, 0.4) is 0 Å². The summed E-state index contributed by atoms with van der Waals surface area (Å²) in [4.78, 5) is 4.02. The fourth-order valence-corrected chi connectivity index (χ4v) is 3.99. The number of aliphatic hydroxyl groups is 1. The first-order chi connectivity index (χ1) is 10.5. The largest absolute Gasteiger partial charge is 0.387 e. The molecule has 0 radical (unpaired) electrons. The van der Waals surface area contributed by atoms with E-state index in [1.165, 1.54) is 11.9 Å². The van der Waals surface area contributed by atoms with Crippen molar-refractivity contribution < 1.29 is 5.11 Å². The molecule has 3 rings (SSSR count). The molecule has 0 saturated heterocycles. The van der Waals surface area contributed by atoms with Gasteiger partial charge in [-0.25, -0.2) is 9.67 Å². The van der Waals surface area contributed by atoms with E-state index in [1.807, 2.05) is 31.2 Å². The minimum Gasteiger partial charge on any atom is -0.387 e. The van der Waals surface area contributed by atoms with E-state index in [2.05, 4.69) is 17.0 Å². The summed E-state index contributed by atoms with van der Waals surface area (Å²) < 4.78 is 1.77. The van der Waals surface area contributed by atoms with Gasteiger partial charge in [0.2, 0.25) is 0 Å². The molecule has 1 aromatic heterocycles. The van der Waals surface area contributed by atoms with Gasteiger partial charge < -0.3 is 5.11 Å². The minimum absolute atomic E-state index is 0.0928. The van der Waals surface area contributed by atoms with Crippen molar-refractivity contribution >= 4 is 11.6 Å². The van der Waals surface area contributed by atoms with Crippen LogP contribution in [-0.2, 0) is 6.42 Å². The topological polar surface area (TPSA) is 50.9 Å². The van der Waals surface area contributed by atoms with E-state index in [9.17, 15) is 5.11 Å². The highest BCUT2D eigenvalue weighted by atomic mass is 35.5. The Bertz CT molecular complexity index is 613. The van der Waals surface area contributed by atoms with Crippen LogP contribution in [0.25, 0.3) is 0 Å². The normalized spacial score (nSPS) is 29.6. The van der Waals surface area contributed by atoms with Crippen LogP contribution in [0.4, 0.5) is 0 Å². The third kappa shape index (κ3) is 2.66. The third-order valence-corrected chi connectivity index (χ3v) is 5.54. The summed E-state index contributed by atoms with van der Waals surface area (Å²) in [5.41, 5.74) is 0.445. The van der Waals surface area contributed by atoms with Crippen molar-refractivity contribution in [1.29, 1.82) is 0 Å². The molecule has 4 atom stereocenters. The number of rotatable bonds is 4. The Hall–Kier alpha value is -1.39. The van der Waals surface area contributed by atoms with Gasteiger partial charge in [0.1, 0.15) is 12.7 Å². The van der Waals surface area contributed by atoms with Gasteiger partial charge in [0.25, 0.3) is 0 Å². The molecule has 1 aliphatic carbocycles. The molecule has 118 valence electrons. The second-order valence-corrected chi connectivity index (χ2v) is 6.88. The predicted octanol–water partition coefficient (Wildman–Crippen LogP) is 3.51. The van der Waals surface area contributed by atoms with E-state index in [1.54, 1.807) is 11.0 Å². The summed E-state index contributed by atoms with van der Waals surface area (Å²) in [6.45, 7) is 4.17. The van der Waals surface area contributed by atoms with Gasteiger partial charge in [0.05, 0.1) is 11.6 Å².